The van der Waals surface area contributed by atoms with Crippen LogP contribution in [0.5, 0.6) is 5.75 Å². The summed E-state index contributed by atoms with van der Waals surface area (Å²) in [7, 11) is 0. The van der Waals surface area contributed by atoms with Crippen molar-refractivity contribution in [1.82, 2.24) is 4.90 Å². The Balaban J connectivity index is 1.49. The van der Waals surface area contributed by atoms with E-state index in [1.807, 2.05) is 24.3 Å². The fraction of sp³-hybridized carbons (Fsp3) is 0.333. The van der Waals surface area contributed by atoms with Crippen LogP contribution >= 0.6 is 15.9 Å². The van der Waals surface area contributed by atoms with E-state index in [1.165, 1.54) is 11.1 Å². The van der Waals surface area contributed by atoms with Gasteiger partial charge in [0, 0.05) is 24.1 Å². The molecule has 1 heterocycles. The zero-order valence-electron chi connectivity index (χ0n) is 12.1. The lowest BCUT2D eigenvalue weighted by molar-refractivity contribution is 0.215. The minimum atomic E-state index is 0.743. The summed E-state index contributed by atoms with van der Waals surface area (Å²) in [6, 6.07) is 16.8. The number of fused-ring (bicyclic) bond motifs is 1. The van der Waals surface area contributed by atoms with E-state index in [0.717, 1.165) is 49.3 Å². The predicted octanol–water partition coefficient (Wildman–Crippen LogP) is 3.93. The number of nitrogens with zero attached hydrogens (tertiary/aromatic N) is 1. The zero-order chi connectivity index (χ0) is 14.5. The monoisotopic (exact) mass is 345 g/mol. The molecule has 110 valence electrons. The smallest absolute Gasteiger partial charge is 0.120 e. The SMILES string of the molecule is Brc1cccc(OCCN2CCc3ccccc3CC2)c1. The van der Waals surface area contributed by atoms with Crippen molar-refractivity contribution in [3.05, 3.63) is 64.1 Å². The topological polar surface area (TPSA) is 12.5 Å². The van der Waals surface area contributed by atoms with Gasteiger partial charge in [0.2, 0.25) is 0 Å². The Morgan fingerprint density at radius 2 is 1.67 bits per heavy atom. The number of halogens is 1. The molecule has 0 amide bonds. The maximum atomic E-state index is 5.84. The van der Waals surface area contributed by atoms with Gasteiger partial charge in [-0.2, -0.15) is 0 Å². The third kappa shape index (κ3) is 4.08. The lowest BCUT2D eigenvalue weighted by atomic mass is 10.0. The number of rotatable bonds is 4. The van der Waals surface area contributed by atoms with Crippen LogP contribution in [0.3, 0.4) is 0 Å². The van der Waals surface area contributed by atoms with Gasteiger partial charge in [0.25, 0.3) is 0 Å². The molecule has 0 fully saturated rings. The highest BCUT2D eigenvalue weighted by molar-refractivity contribution is 9.10. The van der Waals surface area contributed by atoms with Gasteiger partial charge in [-0.25, -0.2) is 0 Å². The Morgan fingerprint density at radius 1 is 0.952 bits per heavy atom. The Kier molecular flexibility index (Phi) is 4.94. The second kappa shape index (κ2) is 7.10. The highest BCUT2D eigenvalue weighted by Crippen LogP contribution is 2.18. The first-order valence-electron chi connectivity index (χ1n) is 7.49. The van der Waals surface area contributed by atoms with Crippen LogP contribution in [0.15, 0.2) is 53.0 Å². The van der Waals surface area contributed by atoms with Crippen molar-refractivity contribution in [3.63, 3.8) is 0 Å². The maximum Gasteiger partial charge on any atom is 0.120 e. The van der Waals surface area contributed by atoms with Gasteiger partial charge in [0.1, 0.15) is 12.4 Å². The van der Waals surface area contributed by atoms with E-state index in [1.54, 1.807) is 0 Å². The maximum absolute atomic E-state index is 5.84. The van der Waals surface area contributed by atoms with Crippen LogP contribution in [-0.4, -0.2) is 31.1 Å². The summed E-state index contributed by atoms with van der Waals surface area (Å²) in [5.41, 5.74) is 3.01. The van der Waals surface area contributed by atoms with Crippen molar-refractivity contribution < 1.29 is 4.74 Å². The molecular weight excluding hydrogens is 326 g/mol. The van der Waals surface area contributed by atoms with Gasteiger partial charge in [-0.05, 0) is 42.2 Å². The van der Waals surface area contributed by atoms with Gasteiger partial charge < -0.3 is 4.74 Å². The molecule has 0 radical (unpaired) electrons. The average Bonchev–Trinajstić information content (AvgIpc) is 2.70. The van der Waals surface area contributed by atoms with Crippen LogP contribution in [-0.2, 0) is 12.8 Å². The molecule has 2 aromatic rings. The molecule has 0 atom stereocenters. The van der Waals surface area contributed by atoms with E-state index in [2.05, 4.69) is 45.1 Å². The zero-order valence-corrected chi connectivity index (χ0v) is 13.7. The number of ether oxygens (including phenoxy) is 1. The second-order valence-electron chi connectivity index (χ2n) is 5.42. The molecule has 0 bridgehead atoms. The first kappa shape index (κ1) is 14.6. The minimum absolute atomic E-state index is 0.743. The van der Waals surface area contributed by atoms with Crippen molar-refractivity contribution in [2.45, 2.75) is 12.8 Å². The Hall–Kier alpha value is -1.32. The van der Waals surface area contributed by atoms with E-state index in [4.69, 9.17) is 4.74 Å². The summed E-state index contributed by atoms with van der Waals surface area (Å²) in [6.07, 6.45) is 2.29. The van der Waals surface area contributed by atoms with E-state index < -0.39 is 0 Å². The second-order valence-corrected chi connectivity index (χ2v) is 6.33. The van der Waals surface area contributed by atoms with E-state index >= 15 is 0 Å². The summed E-state index contributed by atoms with van der Waals surface area (Å²) < 4.78 is 6.90. The Morgan fingerprint density at radius 3 is 2.33 bits per heavy atom. The molecule has 3 heteroatoms. The summed E-state index contributed by atoms with van der Waals surface area (Å²) in [4.78, 5) is 2.50. The fourth-order valence-corrected chi connectivity index (χ4v) is 3.17. The number of hydrogen-bond donors (Lipinski definition) is 0. The van der Waals surface area contributed by atoms with Gasteiger partial charge >= 0.3 is 0 Å². The lowest BCUT2D eigenvalue weighted by Gasteiger charge is -2.19. The molecule has 2 nitrogen and oxygen atoms in total. The highest BCUT2D eigenvalue weighted by Gasteiger charge is 2.13. The van der Waals surface area contributed by atoms with Crippen molar-refractivity contribution in [1.29, 1.82) is 0 Å². The molecule has 21 heavy (non-hydrogen) atoms. The van der Waals surface area contributed by atoms with Crippen LogP contribution < -0.4 is 4.74 Å². The van der Waals surface area contributed by atoms with Crippen molar-refractivity contribution in [2.24, 2.45) is 0 Å². The molecule has 0 aliphatic carbocycles. The summed E-state index contributed by atoms with van der Waals surface area (Å²) in [5.74, 6) is 0.933. The quantitative estimate of drug-likeness (QED) is 0.832. The summed E-state index contributed by atoms with van der Waals surface area (Å²) in [6.45, 7) is 3.98. The fourth-order valence-electron chi connectivity index (χ4n) is 2.79. The molecular formula is C18H20BrNO. The number of hydrogen-bond acceptors (Lipinski definition) is 2. The Labute approximate surface area is 134 Å². The largest absolute Gasteiger partial charge is 0.492 e. The summed E-state index contributed by atoms with van der Waals surface area (Å²) in [5, 5.41) is 0. The summed E-state index contributed by atoms with van der Waals surface area (Å²) >= 11 is 3.47. The van der Waals surface area contributed by atoms with Crippen molar-refractivity contribution >= 4 is 15.9 Å². The molecule has 1 aliphatic rings. The third-order valence-electron chi connectivity index (χ3n) is 3.99. The van der Waals surface area contributed by atoms with Gasteiger partial charge in [-0.1, -0.05) is 46.3 Å². The lowest BCUT2D eigenvalue weighted by Crippen LogP contribution is -2.30. The van der Waals surface area contributed by atoms with Gasteiger partial charge in [-0.15, -0.1) is 0 Å². The normalized spacial score (nSPS) is 15.3. The molecule has 0 spiro atoms. The highest BCUT2D eigenvalue weighted by atomic mass is 79.9. The van der Waals surface area contributed by atoms with Crippen LogP contribution in [0.1, 0.15) is 11.1 Å². The van der Waals surface area contributed by atoms with E-state index in [-0.39, 0.29) is 0 Å². The molecule has 1 aliphatic heterocycles. The van der Waals surface area contributed by atoms with E-state index in [0.29, 0.717) is 0 Å². The first-order valence-corrected chi connectivity index (χ1v) is 8.28. The van der Waals surface area contributed by atoms with Crippen molar-refractivity contribution in [3.8, 4) is 5.75 Å². The van der Waals surface area contributed by atoms with Crippen LogP contribution in [0, 0.1) is 0 Å². The molecule has 2 aromatic carbocycles. The molecule has 0 saturated heterocycles. The van der Waals surface area contributed by atoms with Crippen LogP contribution in [0.4, 0.5) is 0 Å². The standard InChI is InChI=1S/C18H20BrNO/c19-17-6-3-7-18(14-17)21-13-12-20-10-8-15-4-1-2-5-16(15)9-11-20/h1-7,14H,8-13H2. The molecule has 0 saturated carbocycles. The molecule has 0 aromatic heterocycles. The Bertz CT molecular complexity index is 572. The number of benzene rings is 2. The van der Waals surface area contributed by atoms with Crippen molar-refractivity contribution in [2.75, 3.05) is 26.2 Å². The average molecular weight is 346 g/mol. The van der Waals surface area contributed by atoms with Crippen LogP contribution in [0.25, 0.3) is 0 Å². The third-order valence-corrected chi connectivity index (χ3v) is 4.48. The van der Waals surface area contributed by atoms with Gasteiger partial charge in [-0.3, -0.25) is 4.90 Å². The van der Waals surface area contributed by atoms with Gasteiger partial charge in [0.15, 0.2) is 0 Å². The first-order chi connectivity index (χ1) is 10.3. The molecule has 3 rings (SSSR count). The minimum Gasteiger partial charge on any atom is -0.492 e. The van der Waals surface area contributed by atoms with Crippen LogP contribution in [0.2, 0.25) is 0 Å². The predicted molar refractivity (Wildman–Crippen MR) is 89.9 cm³/mol. The molecule has 0 N–H and O–H groups in total. The van der Waals surface area contributed by atoms with E-state index in [9.17, 15) is 0 Å². The molecule has 0 unspecified atom stereocenters. The van der Waals surface area contributed by atoms with Gasteiger partial charge in [0.05, 0.1) is 0 Å².